The molecule has 0 saturated heterocycles. The zero-order valence-electron chi connectivity index (χ0n) is 12.2. The third-order valence-corrected chi connectivity index (χ3v) is 3.09. The summed E-state index contributed by atoms with van der Waals surface area (Å²) in [6.07, 6.45) is 3.18. The summed E-state index contributed by atoms with van der Waals surface area (Å²) in [5.41, 5.74) is 0. The molecule has 0 rings (SSSR count). The maximum absolute atomic E-state index is 11.6. The molecule has 2 atom stereocenters. The highest BCUT2D eigenvalue weighted by molar-refractivity contribution is 6.36. The van der Waals surface area contributed by atoms with Crippen molar-refractivity contribution in [1.82, 2.24) is 5.32 Å². The Hall–Kier alpha value is -1.43. The van der Waals surface area contributed by atoms with Gasteiger partial charge in [0.25, 0.3) is 5.91 Å². The number of nitrogens with one attached hydrogen (secondary N) is 1. The molecule has 0 aromatic heterocycles. The van der Waals surface area contributed by atoms with Gasteiger partial charge in [-0.3, -0.25) is 9.59 Å². The fraction of sp³-hybridized carbons (Fsp3) is 0.786. The number of hydrogen-bond donors (Lipinski definition) is 3. The van der Waals surface area contributed by atoms with Gasteiger partial charge in [0.2, 0.25) is 5.78 Å². The number of carboxylic acids is 1. The van der Waals surface area contributed by atoms with Crippen LogP contribution in [-0.4, -0.2) is 40.0 Å². The van der Waals surface area contributed by atoms with Crippen LogP contribution in [0.1, 0.15) is 58.8 Å². The summed E-state index contributed by atoms with van der Waals surface area (Å²) < 4.78 is 0. The van der Waals surface area contributed by atoms with Crippen LogP contribution >= 0.6 is 0 Å². The summed E-state index contributed by atoms with van der Waals surface area (Å²) in [5.74, 6) is -2.72. The van der Waals surface area contributed by atoms with Crippen LogP contribution in [0.25, 0.3) is 0 Å². The molecule has 0 aromatic rings. The lowest BCUT2D eigenvalue weighted by atomic mass is 10.1. The maximum Gasteiger partial charge on any atom is 0.326 e. The fourth-order valence-corrected chi connectivity index (χ4v) is 1.72. The number of rotatable bonds is 11. The van der Waals surface area contributed by atoms with Crippen molar-refractivity contribution >= 4 is 17.7 Å². The van der Waals surface area contributed by atoms with Gasteiger partial charge in [0.1, 0.15) is 6.04 Å². The molecule has 0 bridgehead atoms. The quantitative estimate of drug-likeness (QED) is 0.392. The van der Waals surface area contributed by atoms with E-state index in [4.69, 9.17) is 5.11 Å². The Bertz CT molecular complexity index is 330. The smallest absolute Gasteiger partial charge is 0.326 e. The van der Waals surface area contributed by atoms with Crippen LogP contribution in [0.5, 0.6) is 0 Å². The number of aliphatic hydroxyl groups excluding tert-OH is 1. The van der Waals surface area contributed by atoms with Gasteiger partial charge in [-0.2, -0.15) is 0 Å². The number of carbonyl (C=O) groups is 3. The molecule has 0 unspecified atom stereocenters. The minimum absolute atomic E-state index is 0.0965. The van der Waals surface area contributed by atoms with Gasteiger partial charge in [-0.25, -0.2) is 4.79 Å². The van der Waals surface area contributed by atoms with Crippen LogP contribution in [0.3, 0.4) is 0 Å². The Labute approximate surface area is 119 Å². The minimum atomic E-state index is -1.25. The van der Waals surface area contributed by atoms with Crippen molar-refractivity contribution in [2.45, 2.75) is 70.9 Å². The lowest BCUT2D eigenvalue weighted by molar-refractivity contribution is -0.145. The van der Waals surface area contributed by atoms with Gasteiger partial charge in [0, 0.05) is 12.8 Å². The largest absolute Gasteiger partial charge is 0.480 e. The molecule has 20 heavy (non-hydrogen) atoms. The molecule has 6 heteroatoms. The first kappa shape index (κ1) is 18.6. The van der Waals surface area contributed by atoms with Crippen molar-refractivity contribution in [3.63, 3.8) is 0 Å². The first-order valence-electron chi connectivity index (χ1n) is 7.16. The molecule has 0 saturated carbocycles. The van der Waals surface area contributed by atoms with E-state index in [1.54, 1.807) is 6.92 Å². The van der Waals surface area contributed by atoms with E-state index >= 15 is 0 Å². The molecule has 6 nitrogen and oxygen atoms in total. The van der Waals surface area contributed by atoms with Crippen molar-refractivity contribution in [3.05, 3.63) is 0 Å². The van der Waals surface area contributed by atoms with Gasteiger partial charge < -0.3 is 15.5 Å². The Morgan fingerprint density at radius 2 is 1.75 bits per heavy atom. The van der Waals surface area contributed by atoms with E-state index in [9.17, 15) is 19.5 Å². The first-order chi connectivity index (χ1) is 9.42. The van der Waals surface area contributed by atoms with Crippen molar-refractivity contribution in [1.29, 1.82) is 0 Å². The second kappa shape index (κ2) is 10.4. The number of carboxylic acid groups (broad SMARTS) is 1. The number of carbonyl (C=O) groups excluding carboxylic acids is 2. The van der Waals surface area contributed by atoms with Crippen LogP contribution in [0.15, 0.2) is 0 Å². The predicted molar refractivity (Wildman–Crippen MR) is 74.2 cm³/mol. The first-order valence-corrected chi connectivity index (χ1v) is 7.16. The molecule has 0 aromatic carbocycles. The Balaban J connectivity index is 4.24. The average Bonchev–Trinajstić information content (AvgIpc) is 2.41. The summed E-state index contributed by atoms with van der Waals surface area (Å²) in [6, 6.07) is -1.22. The van der Waals surface area contributed by atoms with E-state index in [0.717, 1.165) is 19.3 Å². The number of Topliss-reactive ketones (excluding diaryl/α,β-unsaturated/α-hetero) is 1. The summed E-state index contributed by atoms with van der Waals surface area (Å²) in [5, 5.41) is 20.6. The van der Waals surface area contributed by atoms with E-state index < -0.39 is 29.8 Å². The molecule has 3 N–H and O–H groups in total. The van der Waals surface area contributed by atoms with E-state index in [2.05, 4.69) is 5.32 Å². The van der Waals surface area contributed by atoms with Crippen LogP contribution in [0.4, 0.5) is 0 Å². The molecule has 0 aliphatic heterocycles. The molecule has 0 radical (unpaired) electrons. The SMILES string of the molecule is CCCCCCC(=O)C(=O)N[C@H](C[C@H](O)CC)C(=O)O. The van der Waals surface area contributed by atoms with Gasteiger partial charge in [-0.1, -0.05) is 33.1 Å². The van der Waals surface area contributed by atoms with E-state index in [0.29, 0.717) is 12.8 Å². The number of ketones is 1. The molecule has 0 aliphatic carbocycles. The number of amides is 1. The third-order valence-electron chi connectivity index (χ3n) is 3.09. The topological polar surface area (TPSA) is 104 Å². The van der Waals surface area contributed by atoms with E-state index in [-0.39, 0.29) is 12.8 Å². The second-order valence-electron chi connectivity index (χ2n) is 4.90. The van der Waals surface area contributed by atoms with Crippen molar-refractivity contribution in [2.75, 3.05) is 0 Å². The van der Waals surface area contributed by atoms with E-state index in [1.807, 2.05) is 6.92 Å². The summed E-state index contributed by atoms with van der Waals surface area (Å²) in [7, 11) is 0. The van der Waals surface area contributed by atoms with Crippen molar-refractivity contribution in [2.24, 2.45) is 0 Å². The molecule has 0 spiro atoms. The van der Waals surface area contributed by atoms with Crippen LogP contribution in [0, 0.1) is 0 Å². The fourth-order valence-electron chi connectivity index (χ4n) is 1.72. The predicted octanol–water partition coefficient (Wildman–Crippen LogP) is 1.26. The third kappa shape index (κ3) is 7.89. The standard InChI is InChI=1S/C14H25NO5/c1-3-5-6-7-8-12(17)13(18)15-11(14(19)20)9-10(16)4-2/h10-11,16H,3-9H2,1-2H3,(H,15,18)(H,19,20)/t10-,11-/m1/s1. The molecule has 0 heterocycles. The number of aliphatic carboxylic acids is 1. The molecule has 0 aliphatic rings. The number of hydrogen-bond acceptors (Lipinski definition) is 4. The van der Waals surface area contributed by atoms with Crippen molar-refractivity contribution < 1.29 is 24.6 Å². The number of aliphatic hydroxyl groups is 1. The number of unbranched alkanes of at least 4 members (excludes halogenated alkanes) is 3. The summed E-state index contributed by atoms with van der Waals surface area (Å²) in [6.45, 7) is 3.76. The Morgan fingerprint density at radius 3 is 2.25 bits per heavy atom. The van der Waals surface area contributed by atoms with Gasteiger partial charge in [0.15, 0.2) is 0 Å². The van der Waals surface area contributed by atoms with Crippen molar-refractivity contribution in [3.8, 4) is 0 Å². The molecule has 116 valence electrons. The monoisotopic (exact) mass is 287 g/mol. The van der Waals surface area contributed by atoms with E-state index in [1.165, 1.54) is 0 Å². The van der Waals surface area contributed by atoms with Gasteiger partial charge >= 0.3 is 5.97 Å². The zero-order valence-corrected chi connectivity index (χ0v) is 12.2. The average molecular weight is 287 g/mol. The van der Waals surface area contributed by atoms with Gasteiger partial charge in [-0.15, -0.1) is 0 Å². The van der Waals surface area contributed by atoms with Crippen LogP contribution < -0.4 is 5.32 Å². The Morgan fingerprint density at radius 1 is 1.10 bits per heavy atom. The lowest BCUT2D eigenvalue weighted by Gasteiger charge is -2.16. The highest BCUT2D eigenvalue weighted by atomic mass is 16.4. The zero-order chi connectivity index (χ0) is 15.5. The molecule has 1 amide bonds. The summed E-state index contributed by atoms with van der Waals surface area (Å²) in [4.78, 5) is 34.1. The van der Waals surface area contributed by atoms with Gasteiger partial charge in [0.05, 0.1) is 6.10 Å². The maximum atomic E-state index is 11.6. The van der Waals surface area contributed by atoms with Crippen LogP contribution in [-0.2, 0) is 14.4 Å². The minimum Gasteiger partial charge on any atom is -0.480 e. The second-order valence-corrected chi connectivity index (χ2v) is 4.90. The molecular weight excluding hydrogens is 262 g/mol. The van der Waals surface area contributed by atoms with Gasteiger partial charge in [-0.05, 0) is 12.8 Å². The highest BCUT2D eigenvalue weighted by Crippen LogP contribution is 2.05. The lowest BCUT2D eigenvalue weighted by Crippen LogP contribution is -2.45. The normalized spacial score (nSPS) is 13.6. The van der Waals surface area contributed by atoms with Crippen LogP contribution in [0.2, 0.25) is 0 Å². The molecular formula is C14H25NO5. The summed E-state index contributed by atoms with van der Waals surface area (Å²) >= 11 is 0. The highest BCUT2D eigenvalue weighted by Gasteiger charge is 2.25. The molecule has 0 fully saturated rings. The Kier molecular flexibility index (Phi) is 9.63.